The molecule has 140 valence electrons. The van der Waals surface area contributed by atoms with Crippen LogP contribution in [0, 0.1) is 0 Å². The molecule has 0 unspecified atom stereocenters. The van der Waals surface area contributed by atoms with Crippen molar-refractivity contribution in [2.45, 2.75) is 6.61 Å². The van der Waals surface area contributed by atoms with E-state index in [4.69, 9.17) is 56.6 Å². The van der Waals surface area contributed by atoms with Crippen LogP contribution in [0.1, 0.15) is 38.3 Å². The number of rotatable bonds is 4. The van der Waals surface area contributed by atoms with Gasteiger partial charge in [0.15, 0.2) is 12.0 Å². The summed E-state index contributed by atoms with van der Waals surface area (Å²) >= 11 is 22.3. The largest absolute Gasteiger partial charge is 1.00 e. The molecule has 2 rings (SSSR count). The molecule has 0 fully saturated rings. The maximum absolute atomic E-state index is 10.5. The van der Waals surface area contributed by atoms with Crippen LogP contribution < -0.4 is 34.7 Å². The summed E-state index contributed by atoms with van der Waals surface area (Å²) in [6.45, 7) is -0.444. The van der Waals surface area contributed by atoms with Gasteiger partial charge in [-0.05, 0) is 0 Å². The second-order valence-electron chi connectivity index (χ2n) is 4.30. The van der Waals surface area contributed by atoms with Crippen LogP contribution in [0.2, 0.25) is 20.1 Å². The van der Waals surface area contributed by atoms with E-state index in [-0.39, 0.29) is 67.9 Å². The molecular weight excluding hydrogens is 457 g/mol. The number of aromatic nitrogens is 2. The fourth-order valence-electron chi connectivity index (χ4n) is 1.53. The molecule has 0 bridgehead atoms. The number of carboxylic acid groups (broad SMARTS) is 2. The molecule has 0 amide bonds. The molecule has 2 aromatic rings. The Morgan fingerprint density at radius 1 is 1.07 bits per heavy atom. The number of nitrogens with zero attached hydrogens (tertiary/aromatic N) is 2. The van der Waals surface area contributed by atoms with E-state index in [9.17, 15) is 19.5 Å². The number of aldehydes is 1. The Hall–Kier alpha value is -0.970. The summed E-state index contributed by atoms with van der Waals surface area (Å²) in [4.78, 5) is 38.3. The van der Waals surface area contributed by atoms with Gasteiger partial charge in [0.05, 0.1) is 38.2 Å². The summed E-state index contributed by atoms with van der Waals surface area (Å²) in [5, 5.41) is 27.5. The van der Waals surface area contributed by atoms with E-state index >= 15 is 0 Å². The van der Waals surface area contributed by atoms with Gasteiger partial charge in [-0.3, -0.25) is 9.78 Å². The molecular formula is C14H8Cl4N2NaO6-. The van der Waals surface area contributed by atoms with Crippen molar-refractivity contribution in [2.24, 2.45) is 0 Å². The Bertz CT molecular complexity index is 887. The predicted octanol–water partition coefficient (Wildman–Crippen LogP) is -0.740. The number of carbonyl (C=O) groups excluding carboxylic acids is 2. The van der Waals surface area contributed by atoms with Gasteiger partial charge in [0, 0.05) is 18.0 Å². The zero-order valence-corrected chi connectivity index (χ0v) is 18.4. The number of aliphatic hydroxyl groups is 1. The molecule has 2 aromatic heterocycles. The summed E-state index contributed by atoms with van der Waals surface area (Å²) in [6.07, 6.45) is 2.56. The van der Waals surface area contributed by atoms with E-state index in [1.165, 1.54) is 0 Å². The predicted molar refractivity (Wildman–Crippen MR) is 92.2 cm³/mol. The molecule has 0 aliphatic heterocycles. The van der Waals surface area contributed by atoms with Gasteiger partial charge >= 0.3 is 35.5 Å². The SMILES string of the molecule is O=C([O-])c1ncc(Cl)c(CO)c1Cl.O=Cc1c(Cl)cnc(C(=O)O)c1Cl.[H-].[Na+]. The van der Waals surface area contributed by atoms with E-state index in [0.717, 1.165) is 12.4 Å². The second-order valence-corrected chi connectivity index (χ2v) is 5.87. The Labute approximate surface area is 195 Å². The van der Waals surface area contributed by atoms with Gasteiger partial charge in [-0.2, -0.15) is 0 Å². The summed E-state index contributed by atoms with van der Waals surface area (Å²) in [5.74, 6) is -2.80. The Morgan fingerprint density at radius 3 is 2.04 bits per heavy atom. The van der Waals surface area contributed by atoms with E-state index in [0.29, 0.717) is 6.29 Å². The van der Waals surface area contributed by atoms with Crippen molar-refractivity contribution in [1.29, 1.82) is 0 Å². The number of pyridine rings is 2. The smallest absolute Gasteiger partial charge is 1.00 e. The van der Waals surface area contributed by atoms with Crippen molar-refractivity contribution in [2.75, 3.05) is 0 Å². The molecule has 8 nitrogen and oxygen atoms in total. The molecule has 0 atom stereocenters. The van der Waals surface area contributed by atoms with Crippen molar-refractivity contribution in [3.05, 3.63) is 55.0 Å². The minimum absolute atomic E-state index is 0. The first-order valence-electron chi connectivity index (χ1n) is 6.33. The Kier molecular flexibility index (Phi) is 11.4. The number of hydrogen-bond acceptors (Lipinski definition) is 7. The van der Waals surface area contributed by atoms with Crippen molar-refractivity contribution < 1.29 is 60.7 Å². The zero-order chi connectivity index (χ0) is 20.0. The number of aliphatic hydroxyl groups excluding tert-OH is 1. The molecule has 0 aliphatic carbocycles. The van der Waals surface area contributed by atoms with E-state index in [1.807, 2.05) is 0 Å². The number of aromatic carboxylic acids is 2. The number of carboxylic acids is 2. The van der Waals surface area contributed by atoms with Crippen LogP contribution >= 0.6 is 46.4 Å². The Morgan fingerprint density at radius 2 is 1.59 bits per heavy atom. The average molecular weight is 465 g/mol. The summed E-state index contributed by atoms with van der Waals surface area (Å²) in [7, 11) is 0. The number of hydrogen-bond donors (Lipinski definition) is 2. The summed E-state index contributed by atoms with van der Waals surface area (Å²) in [5.41, 5.74) is -0.725. The van der Waals surface area contributed by atoms with Crippen LogP contribution in [0.25, 0.3) is 0 Å². The van der Waals surface area contributed by atoms with Gasteiger partial charge in [0.1, 0.15) is 5.69 Å². The van der Waals surface area contributed by atoms with Gasteiger partial charge < -0.3 is 21.5 Å². The van der Waals surface area contributed by atoms with Crippen LogP contribution in [-0.4, -0.2) is 38.4 Å². The first-order chi connectivity index (χ1) is 12.1. The number of halogens is 4. The molecule has 0 radical (unpaired) electrons. The van der Waals surface area contributed by atoms with Crippen molar-refractivity contribution in [3.8, 4) is 0 Å². The average Bonchev–Trinajstić information content (AvgIpc) is 2.55. The quantitative estimate of drug-likeness (QED) is 0.445. The van der Waals surface area contributed by atoms with Gasteiger partial charge in [-0.15, -0.1) is 0 Å². The fourth-order valence-corrected chi connectivity index (χ4v) is 2.58. The molecule has 0 aliphatic rings. The van der Waals surface area contributed by atoms with Crippen molar-refractivity contribution in [1.82, 2.24) is 9.97 Å². The first kappa shape index (κ1) is 26.0. The molecule has 27 heavy (non-hydrogen) atoms. The third-order valence-electron chi connectivity index (χ3n) is 2.75. The van der Waals surface area contributed by atoms with E-state index in [2.05, 4.69) is 9.97 Å². The second kappa shape index (κ2) is 11.8. The molecule has 0 aromatic carbocycles. The molecule has 2 heterocycles. The minimum atomic E-state index is -1.50. The first-order valence-corrected chi connectivity index (χ1v) is 7.84. The molecule has 2 N–H and O–H groups in total. The van der Waals surface area contributed by atoms with Crippen LogP contribution in [0.4, 0.5) is 0 Å². The minimum Gasteiger partial charge on any atom is -1.00 e. The van der Waals surface area contributed by atoms with Crippen LogP contribution in [0.3, 0.4) is 0 Å². The third kappa shape index (κ3) is 6.55. The Balaban J connectivity index is 0. The van der Waals surface area contributed by atoms with Crippen LogP contribution in [0.5, 0.6) is 0 Å². The molecule has 0 saturated carbocycles. The summed E-state index contributed by atoms with van der Waals surface area (Å²) < 4.78 is 0. The van der Waals surface area contributed by atoms with E-state index < -0.39 is 24.2 Å². The standard InChI is InChI=1S/C7H5Cl2NO3.C7H3Cl2NO3.Na.H/c2*8-4-1-10-6(7(12)13)5(9)3(4)2-11;;/h1,11H,2H2,(H,12,13);1-2H,(H,12,13);;/q;;+1;-1/p-1. The van der Waals surface area contributed by atoms with Gasteiger partial charge in [0.25, 0.3) is 0 Å². The van der Waals surface area contributed by atoms with Crippen molar-refractivity contribution >= 4 is 64.6 Å². The third-order valence-corrected chi connectivity index (χ3v) is 4.17. The van der Waals surface area contributed by atoms with E-state index in [1.54, 1.807) is 0 Å². The topological polar surface area (TPSA) is 141 Å². The van der Waals surface area contributed by atoms with Gasteiger partial charge in [-0.1, -0.05) is 46.4 Å². The summed E-state index contributed by atoms with van der Waals surface area (Å²) in [6, 6.07) is 0. The normalized spacial score (nSPS) is 9.52. The van der Waals surface area contributed by atoms with Crippen molar-refractivity contribution in [3.63, 3.8) is 0 Å². The van der Waals surface area contributed by atoms with Gasteiger partial charge in [0.2, 0.25) is 0 Å². The van der Waals surface area contributed by atoms with Gasteiger partial charge in [-0.25, -0.2) is 9.78 Å². The molecule has 13 heteroatoms. The maximum Gasteiger partial charge on any atom is 1.00 e. The molecule has 0 spiro atoms. The molecule has 0 saturated heterocycles. The van der Waals surface area contributed by atoms with Crippen LogP contribution in [-0.2, 0) is 6.61 Å². The number of carbonyl (C=O) groups is 3. The zero-order valence-electron chi connectivity index (χ0n) is 14.4. The maximum atomic E-state index is 10.5. The van der Waals surface area contributed by atoms with Crippen LogP contribution in [0.15, 0.2) is 12.4 Å². The fraction of sp³-hybridized carbons (Fsp3) is 0.0714. The monoisotopic (exact) mass is 463 g/mol.